The number of nitrogens with zero attached hydrogens (tertiary/aromatic N) is 1. The molecule has 1 aromatic heterocycles. The molecule has 2 aromatic rings. The molecule has 1 saturated carbocycles. The molecule has 2 N–H and O–H groups in total. The number of para-hydroxylation sites is 1. The highest BCUT2D eigenvalue weighted by Crippen LogP contribution is 2.50. The van der Waals surface area contributed by atoms with Crippen molar-refractivity contribution >= 4 is 16.9 Å². The van der Waals surface area contributed by atoms with E-state index in [1.54, 1.807) is 0 Å². The number of hydrogen-bond acceptors (Lipinski definition) is 3. The lowest BCUT2D eigenvalue weighted by molar-refractivity contribution is 0.535. The van der Waals surface area contributed by atoms with E-state index in [4.69, 9.17) is 10.2 Å². The van der Waals surface area contributed by atoms with Crippen molar-refractivity contribution in [2.45, 2.75) is 24.9 Å². The Bertz CT molecular complexity index is 529. The van der Waals surface area contributed by atoms with Crippen LogP contribution in [0.5, 0.6) is 0 Å². The van der Waals surface area contributed by atoms with Gasteiger partial charge in [0.15, 0.2) is 5.88 Å². The van der Waals surface area contributed by atoms with Crippen LogP contribution in [0.3, 0.4) is 0 Å². The zero-order valence-electron chi connectivity index (χ0n) is 9.67. The van der Waals surface area contributed by atoms with Gasteiger partial charge in [-0.3, -0.25) is 0 Å². The molecule has 2 heterocycles. The summed E-state index contributed by atoms with van der Waals surface area (Å²) in [6, 6.07) is 11.5. The minimum atomic E-state index is 0.472. The summed E-state index contributed by atoms with van der Waals surface area (Å²) in [7, 11) is 0. The summed E-state index contributed by atoms with van der Waals surface area (Å²) in [6.07, 6.45) is 2.55. The number of fused-ring (bicyclic) bond motifs is 2. The molecule has 3 nitrogen and oxygen atoms in total. The molecule has 3 atom stereocenters. The van der Waals surface area contributed by atoms with Crippen molar-refractivity contribution in [3.63, 3.8) is 0 Å². The highest BCUT2D eigenvalue weighted by Gasteiger charge is 2.52. The van der Waals surface area contributed by atoms with Gasteiger partial charge in [-0.1, -0.05) is 18.2 Å². The number of nitrogens with two attached hydrogens (primary N) is 1. The van der Waals surface area contributed by atoms with Gasteiger partial charge in [-0.05, 0) is 24.8 Å². The van der Waals surface area contributed by atoms with E-state index in [9.17, 15) is 0 Å². The van der Waals surface area contributed by atoms with E-state index < -0.39 is 0 Å². The van der Waals surface area contributed by atoms with Gasteiger partial charge in [0, 0.05) is 30.1 Å². The van der Waals surface area contributed by atoms with Gasteiger partial charge in [0.1, 0.15) is 5.58 Å². The lowest BCUT2D eigenvalue weighted by Gasteiger charge is -2.25. The van der Waals surface area contributed by atoms with E-state index in [0.717, 1.165) is 23.9 Å². The molecule has 2 aliphatic rings. The molecule has 3 unspecified atom stereocenters. The molecule has 0 bridgehead atoms. The Morgan fingerprint density at radius 3 is 3.00 bits per heavy atom. The van der Waals surface area contributed by atoms with Gasteiger partial charge in [0.05, 0.1) is 0 Å². The van der Waals surface area contributed by atoms with Gasteiger partial charge in [-0.15, -0.1) is 0 Å². The number of hydrogen-bond donors (Lipinski definition) is 1. The number of benzene rings is 1. The molecule has 3 heteroatoms. The van der Waals surface area contributed by atoms with Crippen LogP contribution < -0.4 is 10.6 Å². The maximum atomic E-state index is 5.95. The summed E-state index contributed by atoms with van der Waals surface area (Å²) in [4.78, 5) is 2.41. The first-order chi connectivity index (χ1) is 8.36. The summed E-state index contributed by atoms with van der Waals surface area (Å²) in [5, 5.41) is 1.18. The van der Waals surface area contributed by atoms with Crippen LogP contribution >= 0.6 is 0 Å². The number of anilines is 1. The Labute approximate surface area is 100 Å². The minimum Gasteiger partial charge on any atom is -0.441 e. The summed E-state index contributed by atoms with van der Waals surface area (Å²) in [5.41, 5.74) is 6.83. The Morgan fingerprint density at radius 1 is 1.29 bits per heavy atom. The fraction of sp³-hybridized carbons (Fsp3) is 0.429. The molecule has 0 radical (unpaired) electrons. The van der Waals surface area contributed by atoms with E-state index in [2.05, 4.69) is 17.0 Å². The van der Waals surface area contributed by atoms with Crippen LogP contribution in [-0.2, 0) is 0 Å². The monoisotopic (exact) mass is 228 g/mol. The predicted octanol–water partition coefficient (Wildman–Crippen LogP) is 2.36. The van der Waals surface area contributed by atoms with Crippen molar-refractivity contribution in [1.29, 1.82) is 0 Å². The van der Waals surface area contributed by atoms with E-state index in [1.165, 1.54) is 18.2 Å². The molecular weight excluding hydrogens is 212 g/mol. The fourth-order valence-corrected chi connectivity index (χ4v) is 3.21. The van der Waals surface area contributed by atoms with Gasteiger partial charge in [-0.25, -0.2) is 0 Å². The molecule has 1 saturated heterocycles. The second-order valence-corrected chi connectivity index (χ2v) is 5.22. The fourth-order valence-electron chi connectivity index (χ4n) is 3.21. The molecule has 0 spiro atoms. The number of rotatable bonds is 2. The highest BCUT2D eigenvalue weighted by atomic mass is 16.4. The minimum absolute atomic E-state index is 0.472. The van der Waals surface area contributed by atoms with Crippen molar-refractivity contribution in [1.82, 2.24) is 0 Å². The van der Waals surface area contributed by atoms with Crippen molar-refractivity contribution in [3.05, 3.63) is 30.3 Å². The molecule has 17 heavy (non-hydrogen) atoms. The van der Waals surface area contributed by atoms with Crippen LogP contribution in [0.15, 0.2) is 34.7 Å². The van der Waals surface area contributed by atoms with Crippen LogP contribution in [0.4, 0.5) is 5.88 Å². The van der Waals surface area contributed by atoms with E-state index in [-0.39, 0.29) is 0 Å². The second-order valence-electron chi connectivity index (χ2n) is 5.22. The standard InChI is InChI=1S/C14H16N2O/c15-8-11-5-10-6-12(10)16(11)14-7-9-3-1-2-4-13(9)17-14/h1-4,7,10-12H,5-6,8,15H2. The zero-order chi connectivity index (χ0) is 11.4. The smallest absolute Gasteiger partial charge is 0.197 e. The first-order valence-electron chi connectivity index (χ1n) is 6.34. The first kappa shape index (κ1) is 9.54. The molecule has 1 aromatic carbocycles. The Hall–Kier alpha value is -1.48. The molecule has 88 valence electrons. The molecule has 4 rings (SSSR count). The van der Waals surface area contributed by atoms with Gasteiger partial charge < -0.3 is 15.1 Å². The third-order valence-electron chi connectivity index (χ3n) is 4.15. The SMILES string of the molecule is NCC1CC2CC2N1c1cc2ccccc2o1. The van der Waals surface area contributed by atoms with E-state index in [0.29, 0.717) is 12.1 Å². The van der Waals surface area contributed by atoms with Crippen LogP contribution in [0.25, 0.3) is 11.0 Å². The highest BCUT2D eigenvalue weighted by molar-refractivity contribution is 5.81. The zero-order valence-corrected chi connectivity index (χ0v) is 9.67. The third kappa shape index (κ3) is 1.32. The van der Waals surface area contributed by atoms with Crippen LogP contribution in [0.1, 0.15) is 12.8 Å². The van der Waals surface area contributed by atoms with Crippen LogP contribution in [0, 0.1) is 5.92 Å². The number of furan rings is 1. The molecule has 1 aliphatic carbocycles. The Morgan fingerprint density at radius 2 is 2.18 bits per heavy atom. The largest absolute Gasteiger partial charge is 0.441 e. The maximum absolute atomic E-state index is 5.95. The second kappa shape index (κ2) is 3.26. The van der Waals surface area contributed by atoms with Gasteiger partial charge in [0.2, 0.25) is 0 Å². The Balaban J connectivity index is 1.77. The van der Waals surface area contributed by atoms with Gasteiger partial charge in [0.25, 0.3) is 0 Å². The van der Waals surface area contributed by atoms with Crippen LogP contribution in [-0.4, -0.2) is 18.6 Å². The average Bonchev–Trinajstić information content (AvgIpc) is 2.86. The summed E-state index contributed by atoms with van der Waals surface area (Å²) in [6.45, 7) is 0.726. The van der Waals surface area contributed by atoms with Crippen molar-refractivity contribution in [3.8, 4) is 0 Å². The Kier molecular flexibility index (Phi) is 1.83. The average molecular weight is 228 g/mol. The summed E-state index contributed by atoms with van der Waals surface area (Å²) in [5.74, 6) is 1.86. The first-order valence-corrected chi connectivity index (χ1v) is 6.34. The summed E-state index contributed by atoms with van der Waals surface area (Å²) < 4.78 is 5.95. The van der Waals surface area contributed by atoms with Crippen molar-refractivity contribution in [2.75, 3.05) is 11.4 Å². The van der Waals surface area contributed by atoms with Gasteiger partial charge >= 0.3 is 0 Å². The number of piperidine rings is 1. The normalized spacial score (nSPS) is 30.9. The lowest BCUT2D eigenvalue weighted by Crippen LogP contribution is -2.38. The topological polar surface area (TPSA) is 42.4 Å². The van der Waals surface area contributed by atoms with E-state index in [1.807, 2.05) is 18.2 Å². The predicted molar refractivity (Wildman–Crippen MR) is 68.0 cm³/mol. The molecule has 2 fully saturated rings. The maximum Gasteiger partial charge on any atom is 0.197 e. The van der Waals surface area contributed by atoms with Crippen molar-refractivity contribution < 1.29 is 4.42 Å². The molecule has 0 amide bonds. The van der Waals surface area contributed by atoms with Crippen LogP contribution in [0.2, 0.25) is 0 Å². The molecular formula is C14H16N2O. The van der Waals surface area contributed by atoms with E-state index >= 15 is 0 Å². The third-order valence-corrected chi connectivity index (χ3v) is 4.15. The quantitative estimate of drug-likeness (QED) is 0.858. The van der Waals surface area contributed by atoms with Gasteiger partial charge in [-0.2, -0.15) is 0 Å². The summed E-state index contributed by atoms with van der Waals surface area (Å²) >= 11 is 0. The van der Waals surface area contributed by atoms with Crippen molar-refractivity contribution in [2.24, 2.45) is 11.7 Å². The lowest BCUT2D eigenvalue weighted by atomic mass is 10.2. The molecule has 1 aliphatic heterocycles.